The lowest BCUT2D eigenvalue weighted by atomic mass is 10.1. The van der Waals surface area contributed by atoms with Crippen molar-refractivity contribution in [1.29, 1.82) is 0 Å². The van der Waals surface area contributed by atoms with Crippen LogP contribution in [-0.2, 0) is 6.54 Å². The number of hydrogen-bond donors (Lipinski definition) is 1. The Bertz CT molecular complexity index is 660. The highest BCUT2D eigenvalue weighted by Crippen LogP contribution is 2.20. The standard InChI is InChI=1S/C14H12F2N2O2/c1-9-2-4-13(11(15)6-9)17-8-10-3-5-14(18(19)20)12(16)7-10/h2-7,17H,8H2,1H3. The van der Waals surface area contributed by atoms with Crippen LogP contribution < -0.4 is 5.32 Å². The summed E-state index contributed by atoms with van der Waals surface area (Å²) >= 11 is 0. The highest BCUT2D eigenvalue weighted by molar-refractivity contribution is 5.47. The lowest BCUT2D eigenvalue weighted by Crippen LogP contribution is -2.03. The molecule has 0 atom stereocenters. The van der Waals surface area contributed by atoms with Gasteiger partial charge < -0.3 is 5.32 Å². The van der Waals surface area contributed by atoms with E-state index in [1.807, 2.05) is 0 Å². The first-order chi connectivity index (χ1) is 9.47. The van der Waals surface area contributed by atoms with Gasteiger partial charge in [-0.25, -0.2) is 4.39 Å². The molecular weight excluding hydrogens is 266 g/mol. The van der Waals surface area contributed by atoms with E-state index in [1.165, 1.54) is 12.1 Å². The van der Waals surface area contributed by atoms with Crippen molar-refractivity contribution in [3.05, 3.63) is 69.3 Å². The predicted octanol–water partition coefficient (Wildman–Crippen LogP) is 3.79. The van der Waals surface area contributed by atoms with Crippen molar-refractivity contribution in [3.63, 3.8) is 0 Å². The SMILES string of the molecule is Cc1ccc(NCc2ccc([N+](=O)[O-])c(F)c2)c(F)c1. The molecule has 2 aromatic carbocycles. The molecule has 4 nitrogen and oxygen atoms in total. The average Bonchev–Trinajstić information content (AvgIpc) is 2.37. The van der Waals surface area contributed by atoms with Crippen molar-refractivity contribution >= 4 is 11.4 Å². The Labute approximate surface area is 114 Å². The van der Waals surface area contributed by atoms with Gasteiger partial charge in [-0.15, -0.1) is 0 Å². The third kappa shape index (κ3) is 3.09. The maximum absolute atomic E-state index is 13.6. The lowest BCUT2D eigenvalue weighted by Gasteiger charge is -2.08. The number of anilines is 1. The minimum absolute atomic E-state index is 0.175. The fourth-order valence-electron chi connectivity index (χ4n) is 1.77. The number of halogens is 2. The van der Waals surface area contributed by atoms with Crippen LogP contribution in [0.4, 0.5) is 20.2 Å². The van der Waals surface area contributed by atoms with Crippen LogP contribution in [0.1, 0.15) is 11.1 Å². The van der Waals surface area contributed by atoms with E-state index in [0.717, 1.165) is 17.7 Å². The minimum atomic E-state index is -0.904. The molecular formula is C14H12F2N2O2. The molecule has 2 aromatic rings. The van der Waals surface area contributed by atoms with E-state index in [4.69, 9.17) is 0 Å². The Morgan fingerprint density at radius 3 is 2.50 bits per heavy atom. The van der Waals surface area contributed by atoms with Gasteiger partial charge >= 0.3 is 5.69 Å². The maximum Gasteiger partial charge on any atom is 0.304 e. The number of nitro groups is 1. The summed E-state index contributed by atoms with van der Waals surface area (Å²) < 4.78 is 27.0. The monoisotopic (exact) mass is 278 g/mol. The summed E-state index contributed by atoms with van der Waals surface area (Å²) in [6, 6.07) is 8.32. The molecule has 0 aliphatic rings. The van der Waals surface area contributed by atoms with Crippen LogP contribution in [0.5, 0.6) is 0 Å². The topological polar surface area (TPSA) is 55.2 Å². The Hall–Kier alpha value is -2.50. The molecule has 0 radical (unpaired) electrons. The summed E-state index contributed by atoms with van der Waals surface area (Å²) in [7, 11) is 0. The zero-order valence-electron chi connectivity index (χ0n) is 10.7. The van der Waals surface area contributed by atoms with Gasteiger partial charge in [-0.3, -0.25) is 10.1 Å². The highest BCUT2D eigenvalue weighted by atomic mass is 19.1. The van der Waals surface area contributed by atoms with Gasteiger partial charge in [0.25, 0.3) is 0 Å². The Morgan fingerprint density at radius 1 is 1.15 bits per heavy atom. The van der Waals surface area contributed by atoms with Crippen molar-refractivity contribution in [2.24, 2.45) is 0 Å². The Kier molecular flexibility index (Phi) is 3.93. The highest BCUT2D eigenvalue weighted by Gasteiger charge is 2.13. The molecule has 0 aliphatic carbocycles. The Morgan fingerprint density at radius 2 is 1.90 bits per heavy atom. The third-order valence-corrected chi connectivity index (χ3v) is 2.82. The van der Waals surface area contributed by atoms with E-state index in [0.29, 0.717) is 11.3 Å². The molecule has 1 N–H and O–H groups in total. The van der Waals surface area contributed by atoms with E-state index < -0.39 is 22.2 Å². The lowest BCUT2D eigenvalue weighted by molar-refractivity contribution is -0.387. The van der Waals surface area contributed by atoms with Gasteiger partial charge in [0.1, 0.15) is 5.82 Å². The number of benzene rings is 2. The van der Waals surface area contributed by atoms with Crippen LogP contribution in [-0.4, -0.2) is 4.92 Å². The second kappa shape index (κ2) is 5.64. The molecule has 2 rings (SSSR count). The van der Waals surface area contributed by atoms with Crippen LogP contribution in [0.3, 0.4) is 0 Å². The molecule has 0 heterocycles. The molecule has 0 unspecified atom stereocenters. The van der Waals surface area contributed by atoms with Crippen molar-refractivity contribution in [2.75, 3.05) is 5.32 Å². The van der Waals surface area contributed by atoms with E-state index in [1.54, 1.807) is 19.1 Å². The number of hydrogen-bond acceptors (Lipinski definition) is 3. The number of aryl methyl sites for hydroxylation is 1. The molecule has 0 amide bonds. The second-order valence-corrected chi connectivity index (χ2v) is 4.38. The third-order valence-electron chi connectivity index (χ3n) is 2.82. The van der Waals surface area contributed by atoms with Crippen molar-refractivity contribution in [2.45, 2.75) is 13.5 Å². The molecule has 20 heavy (non-hydrogen) atoms. The maximum atomic E-state index is 13.6. The molecule has 0 bridgehead atoms. The molecule has 0 aliphatic heterocycles. The van der Waals surface area contributed by atoms with Crippen LogP contribution in [0.25, 0.3) is 0 Å². The predicted molar refractivity (Wildman–Crippen MR) is 71.5 cm³/mol. The van der Waals surface area contributed by atoms with E-state index in [-0.39, 0.29) is 6.54 Å². The summed E-state index contributed by atoms with van der Waals surface area (Å²) in [6.07, 6.45) is 0. The summed E-state index contributed by atoms with van der Waals surface area (Å²) in [5.41, 5.74) is 1.02. The molecule has 0 spiro atoms. The molecule has 0 saturated heterocycles. The zero-order chi connectivity index (χ0) is 14.7. The van der Waals surface area contributed by atoms with Crippen LogP contribution in [0.15, 0.2) is 36.4 Å². The van der Waals surface area contributed by atoms with Crippen LogP contribution in [0.2, 0.25) is 0 Å². The van der Waals surface area contributed by atoms with E-state index in [9.17, 15) is 18.9 Å². The first-order valence-corrected chi connectivity index (χ1v) is 5.90. The number of rotatable bonds is 4. The molecule has 104 valence electrons. The van der Waals surface area contributed by atoms with Crippen LogP contribution in [0, 0.1) is 28.7 Å². The number of nitrogens with one attached hydrogen (secondary N) is 1. The van der Waals surface area contributed by atoms with Gasteiger partial charge in [0.2, 0.25) is 5.82 Å². The summed E-state index contributed by atoms with van der Waals surface area (Å²) in [5.74, 6) is -1.30. The van der Waals surface area contributed by atoms with Gasteiger partial charge in [-0.1, -0.05) is 12.1 Å². The van der Waals surface area contributed by atoms with Gasteiger partial charge in [-0.05, 0) is 36.2 Å². The fraction of sp³-hybridized carbons (Fsp3) is 0.143. The van der Waals surface area contributed by atoms with Crippen LogP contribution >= 0.6 is 0 Å². The first-order valence-electron chi connectivity index (χ1n) is 5.90. The van der Waals surface area contributed by atoms with Gasteiger partial charge in [0, 0.05) is 12.6 Å². The van der Waals surface area contributed by atoms with Gasteiger partial charge in [-0.2, -0.15) is 4.39 Å². The number of nitrogens with zero attached hydrogens (tertiary/aromatic N) is 1. The minimum Gasteiger partial charge on any atom is -0.379 e. The zero-order valence-corrected chi connectivity index (χ0v) is 10.7. The van der Waals surface area contributed by atoms with Gasteiger partial charge in [0.05, 0.1) is 10.6 Å². The molecule has 6 heteroatoms. The fourth-order valence-corrected chi connectivity index (χ4v) is 1.77. The molecule has 0 saturated carbocycles. The largest absolute Gasteiger partial charge is 0.379 e. The van der Waals surface area contributed by atoms with Gasteiger partial charge in [0.15, 0.2) is 0 Å². The summed E-state index contributed by atoms with van der Waals surface area (Å²) in [6.45, 7) is 1.95. The smallest absolute Gasteiger partial charge is 0.304 e. The van der Waals surface area contributed by atoms with E-state index in [2.05, 4.69) is 5.32 Å². The number of nitro benzene ring substituents is 1. The molecule has 0 aromatic heterocycles. The van der Waals surface area contributed by atoms with Crippen molar-refractivity contribution < 1.29 is 13.7 Å². The van der Waals surface area contributed by atoms with Crippen molar-refractivity contribution in [1.82, 2.24) is 0 Å². The van der Waals surface area contributed by atoms with Crippen molar-refractivity contribution in [3.8, 4) is 0 Å². The quantitative estimate of drug-likeness (QED) is 0.683. The second-order valence-electron chi connectivity index (χ2n) is 4.38. The summed E-state index contributed by atoms with van der Waals surface area (Å²) in [5, 5.41) is 13.3. The normalized spacial score (nSPS) is 10.3. The van der Waals surface area contributed by atoms with E-state index >= 15 is 0 Å². The average molecular weight is 278 g/mol. The Balaban J connectivity index is 2.11. The first kappa shape index (κ1) is 13.9. The molecule has 0 fully saturated rings. The summed E-state index contributed by atoms with van der Waals surface area (Å²) in [4.78, 5) is 9.70.